The van der Waals surface area contributed by atoms with E-state index in [9.17, 15) is 14.0 Å². The van der Waals surface area contributed by atoms with Crippen LogP contribution >= 0.6 is 0 Å². The van der Waals surface area contributed by atoms with Gasteiger partial charge in [-0.15, -0.1) is 0 Å². The Balaban J connectivity index is 2.50. The molecule has 1 aromatic heterocycles. The standard InChI is InChI=1S/C15H11FN2O3/c1-9-2-4-12(15(20)21)14(19)18(9)8-10-3-5-13(16)11(6-10)7-17/h2-6H,8H2,1H3,(H,20,21). The maximum absolute atomic E-state index is 13.3. The van der Waals surface area contributed by atoms with Crippen molar-refractivity contribution in [3.05, 3.63) is 68.9 Å². The van der Waals surface area contributed by atoms with E-state index in [0.717, 1.165) is 6.07 Å². The fourth-order valence-electron chi connectivity index (χ4n) is 1.97. The van der Waals surface area contributed by atoms with Gasteiger partial charge in [0, 0.05) is 5.69 Å². The highest BCUT2D eigenvalue weighted by Gasteiger charge is 2.13. The van der Waals surface area contributed by atoms with Crippen LogP contribution < -0.4 is 5.56 Å². The third kappa shape index (κ3) is 2.82. The van der Waals surface area contributed by atoms with Crippen LogP contribution in [-0.4, -0.2) is 15.6 Å². The smallest absolute Gasteiger partial charge is 0.341 e. The Kier molecular flexibility index (Phi) is 3.85. The van der Waals surface area contributed by atoms with Gasteiger partial charge in [-0.3, -0.25) is 4.79 Å². The van der Waals surface area contributed by atoms with Crippen molar-refractivity contribution in [3.8, 4) is 6.07 Å². The highest BCUT2D eigenvalue weighted by atomic mass is 19.1. The second kappa shape index (κ2) is 5.59. The van der Waals surface area contributed by atoms with E-state index < -0.39 is 17.3 Å². The molecule has 0 aliphatic carbocycles. The first-order valence-electron chi connectivity index (χ1n) is 6.06. The summed E-state index contributed by atoms with van der Waals surface area (Å²) in [5, 5.41) is 17.8. The quantitative estimate of drug-likeness (QED) is 0.934. The molecule has 0 saturated heterocycles. The second-order valence-electron chi connectivity index (χ2n) is 4.51. The van der Waals surface area contributed by atoms with Gasteiger partial charge in [-0.25, -0.2) is 9.18 Å². The lowest BCUT2D eigenvalue weighted by molar-refractivity contribution is 0.0694. The molecule has 5 nitrogen and oxygen atoms in total. The highest BCUT2D eigenvalue weighted by molar-refractivity contribution is 5.87. The molecule has 0 saturated carbocycles. The zero-order valence-electron chi connectivity index (χ0n) is 11.1. The number of carbonyl (C=O) groups is 1. The number of halogens is 1. The maximum Gasteiger partial charge on any atom is 0.341 e. The molecule has 0 aliphatic heterocycles. The number of hydrogen-bond acceptors (Lipinski definition) is 3. The van der Waals surface area contributed by atoms with Crippen molar-refractivity contribution >= 4 is 5.97 Å². The van der Waals surface area contributed by atoms with Crippen LogP contribution in [0.15, 0.2) is 35.1 Å². The second-order valence-corrected chi connectivity index (χ2v) is 4.51. The lowest BCUT2D eigenvalue weighted by atomic mass is 10.1. The van der Waals surface area contributed by atoms with E-state index in [-0.39, 0.29) is 17.7 Å². The summed E-state index contributed by atoms with van der Waals surface area (Å²) in [6.07, 6.45) is 0. The third-order valence-corrected chi connectivity index (χ3v) is 3.11. The van der Waals surface area contributed by atoms with Gasteiger partial charge in [0.15, 0.2) is 0 Å². The minimum absolute atomic E-state index is 0.0702. The minimum atomic E-state index is -1.30. The van der Waals surface area contributed by atoms with Crippen molar-refractivity contribution in [1.82, 2.24) is 4.57 Å². The molecule has 0 fully saturated rings. The van der Waals surface area contributed by atoms with Gasteiger partial charge in [0.25, 0.3) is 5.56 Å². The van der Waals surface area contributed by atoms with Crippen molar-refractivity contribution in [2.45, 2.75) is 13.5 Å². The van der Waals surface area contributed by atoms with E-state index in [0.29, 0.717) is 11.3 Å². The first-order chi connectivity index (χ1) is 9.93. The molecule has 0 spiro atoms. The average Bonchev–Trinajstić information content (AvgIpc) is 2.44. The Hall–Kier alpha value is -2.94. The molecule has 21 heavy (non-hydrogen) atoms. The fourth-order valence-corrected chi connectivity index (χ4v) is 1.97. The summed E-state index contributed by atoms with van der Waals surface area (Å²) >= 11 is 0. The first kappa shape index (κ1) is 14.5. The normalized spacial score (nSPS) is 10.1. The number of aromatic carboxylic acids is 1. The largest absolute Gasteiger partial charge is 0.477 e. The fraction of sp³-hybridized carbons (Fsp3) is 0.133. The van der Waals surface area contributed by atoms with Crippen LogP contribution in [0.1, 0.15) is 27.2 Å². The van der Waals surface area contributed by atoms with E-state index in [1.54, 1.807) is 13.0 Å². The first-order valence-corrected chi connectivity index (χ1v) is 6.06. The van der Waals surface area contributed by atoms with Gasteiger partial charge in [-0.05, 0) is 36.8 Å². The van der Waals surface area contributed by atoms with E-state index in [2.05, 4.69) is 0 Å². The molecule has 0 bridgehead atoms. The number of hydrogen-bond donors (Lipinski definition) is 1. The van der Waals surface area contributed by atoms with Gasteiger partial charge in [0.2, 0.25) is 0 Å². The summed E-state index contributed by atoms with van der Waals surface area (Å²) in [6, 6.07) is 8.45. The number of aromatic nitrogens is 1. The SMILES string of the molecule is Cc1ccc(C(=O)O)c(=O)n1Cc1ccc(F)c(C#N)c1. The van der Waals surface area contributed by atoms with Gasteiger partial charge in [0.05, 0.1) is 12.1 Å². The molecule has 106 valence electrons. The molecule has 0 radical (unpaired) electrons. The summed E-state index contributed by atoms with van der Waals surface area (Å²) in [6.45, 7) is 1.74. The van der Waals surface area contributed by atoms with E-state index in [1.807, 2.05) is 0 Å². The predicted molar refractivity (Wildman–Crippen MR) is 72.6 cm³/mol. The summed E-state index contributed by atoms with van der Waals surface area (Å²) in [5.41, 5.74) is 0.0367. The number of nitriles is 1. The monoisotopic (exact) mass is 286 g/mol. The summed E-state index contributed by atoms with van der Waals surface area (Å²) in [7, 11) is 0. The molecule has 2 rings (SSSR count). The van der Waals surface area contributed by atoms with Gasteiger partial charge in [-0.2, -0.15) is 5.26 Å². The Morgan fingerprint density at radius 2 is 2.10 bits per heavy atom. The zero-order chi connectivity index (χ0) is 15.6. The van der Waals surface area contributed by atoms with Crippen LogP contribution in [-0.2, 0) is 6.54 Å². The number of aryl methyl sites for hydroxylation is 1. The van der Waals surface area contributed by atoms with Gasteiger partial charge in [0.1, 0.15) is 17.4 Å². The summed E-state index contributed by atoms with van der Waals surface area (Å²) in [5.74, 6) is -1.94. The molecule has 0 aliphatic rings. The van der Waals surface area contributed by atoms with Crippen molar-refractivity contribution in [2.24, 2.45) is 0 Å². The Morgan fingerprint density at radius 1 is 1.38 bits per heavy atom. The number of rotatable bonds is 3. The van der Waals surface area contributed by atoms with Crippen LogP contribution in [0.3, 0.4) is 0 Å². The molecule has 1 N–H and O–H groups in total. The van der Waals surface area contributed by atoms with Crippen LogP contribution in [0.5, 0.6) is 0 Å². The number of nitrogens with zero attached hydrogens (tertiary/aromatic N) is 2. The minimum Gasteiger partial charge on any atom is -0.477 e. The Morgan fingerprint density at radius 3 is 2.71 bits per heavy atom. The number of carboxylic acids is 1. The molecule has 0 atom stereocenters. The topological polar surface area (TPSA) is 83.1 Å². The number of carboxylic acid groups (broad SMARTS) is 1. The molecule has 6 heteroatoms. The average molecular weight is 286 g/mol. The van der Waals surface area contributed by atoms with Crippen LogP contribution in [0.2, 0.25) is 0 Å². The molecule has 1 heterocycles. The zero-order valence-corrected chi connectivity index (χ0v) is 11.1. The lowest BCUT2D eigenvalue weighted by Gasteiger charge is -2.11. The molecule has 1 aromatic carbocycles. The third-order valence-electron chi connectivity index (χ3n) is 3.11. The maximum atomic E-state index is 13.3. The number of pyridine rings is 1. The van der Waals surface area contributed by atoms with Gasteiger partial charge in [-0.1, -0.05) is 6.07 Å². The molecular weight excluding hydrogens is 275 g/mol. The van der Waals surface area contributed by atoms with Gasteiger partial charge >= 0.3 is 5.97 Å². The Labute approximate surface area is 119 Å². The molecule has 0 amide bonds. The van der Waals surface area contributed by atoms with E-state index in [4.69, 9.17) is 10.4 Å². The molecule has 2 aromatic rings. The lowest BCUT2D eigenvalue weighted by Crippen LogP contribution is -2.28. The van der Waals surface area contributed by atoms with Crippen molar-refractivity contribution in [3.63, 3.8) is 0 Å². The number of benzene rings is 1. The predicted octanol–water partition coefficient (Wildman–Crippen LogP) is 1.91. The summed E-state index contributed by atoms with van der Waals surface area (Å²) < 4.78 is 14.5. The molecular formula is C15H11FN2O3. The Bertz CT molecular complexity index is 819. The van der Waals surface area contributed by atoms with Crippen molar-refractivity contribution in [1.29, 1.82) is 5.26 Å². The van der Waals surface area contributed by atoms with Gasteiger partial charge < -0.3 is 9.67 Å². The highest BCUT2D eigenvalue weighted by Crippen LogP contribution is 2.11. The van der Waals surface area contributed by atoms with Crippen LogP contribution in [0.4, 0.5) is 4.39 Å². The van der Waals surface area contributed by atoms with E-state index >= 15 is 0 Å². The van der Waals surface area contributed by atoms with Crippen molar-refractivity contribution < 1.29 is 14.3 Å². The summed E-state index contributed by atoms with van der Waals surface area (Å²) in [4.78, 5) is 23.1. The van der Waals surface area contributed by atoms with Crippen molar-refractivity contribution in [2.75, 3.05) is 0 Å². The molecule has 0 unspecified atom stereocenters. The van der Waals surface area contributed by atoms with Crippen LogP contribution in [0, 0.1) is 24.1 Å². The van der Waals surface area contributed by atoms with E-state index in [1.165, 1.54) is 28.8 Å². The van der Waals surface area contributed by atoms with Crippen LogP contribution in [0.25, 0.3) is 0 Å².